The molecule has 1 rings (SSSR count). The van der Waals surface area contributed by atoms with Crippen molar-refractivity contribution in [3.63, 3.8) is 0 Å². The molecule has 0 aromatic carbocycles. The minimum Gasteiger partial charge on any atom is -0.264 e. The van der Waals surface area contributed by atoms with E-state index >= 15 is 0 Å². The summed E-state index contributed by atoms with van der Waals surface area (Å²) in [5, 5.41) is 0. The van der Waals surface area contributed by atoms with Crippen molar-refractivity contribution in [2.45, 2.75) is 12.8 Å². The third kappa shape index (κ3) is 3.15. The fraction of sp³-hybridized carbons (Fsp3) is 0.182. The third-order valence-corrected chi connectivity index (χ3v) is 1.53. The van der Waals surface area contributed by atoms with Crippen molar-refractivity contribution in [1.29, 1.82) is 0 Å². The van der Waals surface area contributed by atoms with E-state index in [-0.39, 0.29) is 0 Å². The van der Waals surface area contributed by atoms with Gasteiger partial charge in [0.05, 0.1) is 0 Å². The number of pyridine rings is 1. The standard InChI is InChI=1S/C11H13N/c1-2-3-4-5-7-11-8-6-9-12-10-11/h2,5-10H,1,3-4H2/b7-5+. The molecule has 0 N–H and O–H groups in total. The molecule has 12 heavy (non-hydrogen) atoms. The maximum absolute atomic E-state index is 4.01. The number of hydrogen-bond donors (Lipinski definition) is 0. The Morgan fingerprint density at radius 3 is 3.00 bits per heavy atom. The topological polar surface area (TPSA) is 12.9 Å². The van der Waals surface area contributed by atoms with E-state index in [1.807, 2.05) is 24.4 Å². The Hall–Kier alpha value is -1.37. The van der Waals surface area contributed by atoms with Crippen molar-refractivity contribution in [3.05, 3.63) is 48.8 Å². The van der Waals surface area contributed by atoms with Gasteiger partial charge in [0, 0.05) is 12.4 Å². The Labute approximate surface area is 73.5 Å². The molecule has 62 valence electrons. The van der Waals surface area contributed by atoms with Gasteiger partial charge in [-0.25, -0.2) is 0 Å². The minimum atomic E-state index is 1.04. The van der Waals surface area contributed by atoms with Gasteiger partial charge < -0.3 is 0 Å². The van der Waals surface area contributed by atoms with E-state index < -0.39 is 0 Å². The van der Waals surface area contributed by atoms with Gasteiger partial charge in [0.15, 0.2) is 0 Å². The molecule has 0 amide bonds. The highest BCUT2D eigenvalue weighted by Gasteiger charge is 1.81. The molecule has 0 saturated heterocycles. The predicted molar refractivity (Wildman–Crippen MR) is 52.7 cm³/mol. The van der Waals surface area contributed by atoms with Crippen molar-refractivity contribution < 1.29 is 0 Å². The van der Waals surface area contributed by atoms with Crippen LogP contribution in [0.2, 0.25) is 0 Å². The van der Waals surface area contributed by atoms with Crippen LogP contribution >= 0.6 is 0 Å². The summed E-state index contributed by atoms with van der Waals surface area (Å²) in [6.07, 6.45) is 11.9. The van der Waals surface area contributed by atoms with E-state index in [9.17, 15) is 0 Å². The second kappa shape index (κ2) is 5.30. The van der Waals surface area contributed by atoms with Crippen LogP contribution in [-0.2, 0) is 0 Å². The van der Waals surface area contributed by atoms with Crippen molar-refractivity contribution in [3.8, 4) is 0 Å². The lowest BCUT2D eigenvalue weighted by Gasteiger charge is -1.89. The molecule has 0 unspecified atom stereocenters. The number of aromatic nitrogens is 1. The maximum Gasteiger partial charge on any atom is 0.0340 e. The highest BCUT2D eigenvalue weighted by atomic mass is 14.6. The first-order valence-corrected chi connectivity index (χ1v) is 4.11. The average Bonchev–Trinajstić information content (AvgIpc) is 2.14. The molecule has 0 spiro atoms. The van der Waals surface area contributed by atoms with Crippen LogP contribution < -0.4 is 0 Å². The van der Waals surface area contributed by atoms with Crippen molar-refractivity contribution in [1.82, 2.24) is 4.98 Å². The van der Waals surface area contributed by atoms with Crippen molar-refractivity contribution in [2.75, 3.05) is 0 Å². The van der Waals surface area contributed by atoms with E-state index in [4.69, 9.17) is 0 Å². The molecule has 0 aliphatic heterocycles. The number of allylic oxidation sites excluding steroid dienone is 2. The molecule has 1 heterocycles. The Bertz CT molecular complexity index is 249. The zero-order chi connectivity index (χ0) is 8.65. The minimum absolute atomic E-state index is 1.04. The number of rotatable bonds is 4. The Kier molecular flexibility index (Phi) is 3.86. The second-order valence-corrected chi connectivity index (χ2v) is 2.55. The van der Waals surface area contributed by atoms with Crippen LogP contribution in [0.15, 0.2) is 43.3 Å². The summed E-state index contributed by atoms with van der Waals surface area (Å²) < 4.78 is 0. The van der Waals surface area contributed by atoms with Crippen LogP contribution in [0.4, 0.5) is 0 Å². The third-order valence-electron chi connectivity index (χ3n) is 1.53. The largest absolute Gasteiger partial charge is 0.264 e. The van der Waals surface area contributed by atoms with Gasteiger partial charge in [0.2, 0.25) is 0 Å². The lowest BCUT2D eigenvalue weighted by atomic mass is 10.2. The van der Waals surface area contributed by atoms with Gasteiger partial charge >= 0.3 is 0 Å². The summed E-state index contributed by atoms with van der Waals surface area (Å²) in [4.78, 5) is 4.01. The van der Waals surface area contributed by atoms with Gasteiger partial charge in [-0.2, -0.15) is 0 Å². The van der Waals surface area contributed by atoms with Gasteiger partial charge in [0.1, 0.15) is 0 Å². The molecule has 1 nitrogen and oxygen atoms in total. The van der Waals surface area contributed by atoms with E-state index in [1.54, 1.807) is 6.20 Å². The summed E-state index contributed by atoms with van der Waals surface area (Å²) in [7, 11) is 0. The molecule has 0 aliphatic rings. The molecule has 0 atom stereocenters. The molecule has 0 aliphatic carbocycles. The number of unbranched alkanes of at least 4 members (excludes halogenated alkanes) is 1. The molecule has 1 aromatic heterocycles. The second-order valence-electron chi connectivity index (χ2n) is 2.55. The van der Waals surface area contributed by atoms with E-state index in [2.05, 4.69) is 23.7 Å². The van der Waals surface area contributed by atoms with E-state index in [0.29, 0.717) is 0 Å². The van der Waals surface area contributed by atoms with Crippen LogP contribution in [0.1, 0.15) is 18.4 Å². The first-order valence-electron chi connectivity index (χ1n) is 4.11. The molecule has 1 heteroatoms. The Balaban J connectivity index is 2.41. The summed E-state index contributed by atoms with van der Waals surface area (Å²) in [5.74, 6) is 0. The predicted octanol–water partition coefficient (Wildman–Crippen LogP) is 3.06. The maximum atomic E-state index is 4.01. The molecule has 1 aromatic rings. The molecular weight excluding hydrogens is 146 g/mol. The molecule has 0 saturated carbocycles. The first-order chi connectivity index (χ1) is 5.93. The summed E-state index contributed by atoms with van der Waals surface area (Å²) in [6, 6.07) is 3.98. The van der Waals surface area contributed by atoms with Gasteiger partial charge in [0.25, 0.3) is 0 Å². The fourth-order valence-electron chi connectivity index (χ4n) is 0.908. The Morgan fingerprint density at radius 1 is 1.42 bits per heavy atom. The zero-order valence-electron chi connectivity index (χ0n) is 7.11. The lowest BCUT2D eigenvalue weighted by Crippen LogP contribution is -1.72. The van der Waals surface area contributed by atoms with Gasteiger partial charge in [-0.3, -0.25) is 4.98 Å². The summed E-state index contributed by atoms with van der Waals surface area (Å²) >= 11 is 0. The molecular formula is C11H13N. The number of nitrogens with zero attached hydrogens (tertiary/aromatic N) is 1. The monoisotopic (exact) mass is 159 g/mol. The lowest BCUT2D eigenvalue weighted by molar-refractivity contribution is 1.06. The van der Waals surface area contributed by atoms with Gasteiger partial charge in [-0.1, -0.05) is 24.3 Å². The smallest absolute Gasteiger partial charge is 0.0340 e. The quantitative estimate of drug-likeness (QED) is 0.486. The highest BCUT2D eigenvalue weighted by molar-refractivity contribution is 5.47. The average molecular weight is 159 g/mol. The van der Waals surface area contributed by atoms with Gasteiger partial charge in [-0.15, -0.1) is 6.58 Å². The van der Waals surface area contributed by atoms with Crippen molar-refractivity contribution >= 4 is 6.08 Å². The van der Waals surface area contributed by atoms with Crippen LogP contribution in [0.25, 0.3) is 6.08 Å². The van der Waals surface area contributed by atoms with E-state index in [1.165, 1.54) is 0 Å². The highest BCUT2D eigenvalue weighted by Crippen LogP contribution is 2.00. The molecule has 0 radical (unpaired) electrons. The van der Waals surface area contributed by atoms with Crippen LogP contribution in [0, 0.1) is 0 Å². The van der Waals surface area contributed by atoms with Crippen molar-refractivity contribution in [2.24, 2.45) is 0 Å². The zero-order valence-corrected chi connectivity index (χ0v) is 7.11. The van der Waals surface area contributed by atoms with Crippen LogP contribution in [-0.4, -0.2) is 4.98 Å². The van der Waals surface area contributed by atoms with E-state index in [0.717, 1.165) is 18.4 Å². The fourth-order valence-corrected chi connectivity index (χ4v) is 0.908. The first kappa shape index (κ1) is 8.72. The molecule has 0 fully saturated rings. The van der Waals surface area contributed by atoms with Crippen LogP contribution in [0.5, 0.6) is 0 Å². The Morgan fingerprint density at radius 2 is 2.33 bits per heavy atom. The summed E-state index contributed by atoms with van der Waals surface area (Å²) in [5.41, 5.74) is 1.15. The summed E-state index contributed by atoms with van der Waals surface area (Å²) in [6.45, 7) is 3.66. The van der Waals surface area contributed by atoms with Gasteiger partial charge in [-0.05, 0) is 24.5 Å². The molecule has 0 bridgehead atoms. The normalized spacial score (nSPS) is 10.3. The van der Waals surface area contributed by atoms with Crippen LogP contribution in [0.3, 0.4) is 0 Å². The number of hydrogen-bond acceptors (Lipinski definition) is 1. The SMILES string of the molecule is C=CCC/C=C/c1cccnc1.